The molecule has 0 saturated carbocycles. The number of ether oxygens (including phenoxy) is 1. The van der Waals surface area contributed by atoms with Crippen LogP contribution in [0.5, 0.6) is 5.75 Å². The maximum Gasteiger partial charge on any atom is 0.238 e. The second-order valence-corrected chi connectivity index (χ2v) is 6.60. The first-order valence-corrected chi connectivity index (χ1v) is 9.02. The Hall–Kier alpha value is -3.18. The topological polar surface area (TPSA) is 41.6 Å². The largest absolute Gasteiger partial charge is 0.494 e. The number of likely N-dealkylation sites (N-methyl/N-ethyl adjacent to an activating group) is 1. The van der Waals surface area contributed by atoms with Crippen molar-refractivity contribution in [3.8, 4) is 16.9 Å². The number of hydrogen-bond donors (Lipinski definition) is 1. The highest BCUT2D eigenvalue weighted by molar-refractivity contribution is 5.96. The van der Waals surface area contributed by atoms with Gasteiger partial charge in [0.1, 0.15) is 0 Å². The number of benzene rings is 3. The summed E-state index contributed by atoms with van der Waals surface area (Å²) in [4.78, 5) is 14.4. The molecular weight excluding hydrogens is 355 g/mol. The molecule has 0 radical (unpaired) electrons. The minimum Gasteiger partial charge on any atom is -0.494 e. The predicted octanol–water partition coefficient (Wildman–Crippen LogP) is 4.57. The Morgan fingerprint density at radius 1 is 1.04 bits per heavy atom. The van der Waals surface area contributed by atoms with Crippen LogP contribution < -0.4 is 10.1 Å². The van der Waals surface area contributed by atoms with E-state index >= 15 is 0 Å². The van der Waals surface area contributed by atoms with Crippen LogP contribution in [0.3, 0.4) is 0 Å². The van der Waals surface area contributed by atoms with Gasteiger partial charge in [-0.05, 0) is 36.4 Å². The molecule has 4 nitrogen and oxygen atoms in total. The number of carbonyl (C=O) groups is 1. The fraction of sp³-hybridized carbons (Fsp3) is 0.174. The molecule has 5 heteroatoms. The number of anilines is 1. The molecule has 0 fully saturated rings. The number of hydrogen-bond acceptors (Lipinski definition) is 3. The first-order chi connectivity index (χ1) is 13.6. The van der Waals surface area contributed by atoms with Crippen molar-refractivity contribution in [1.82, 2.24) is 4.90 Å². The quantitative estimate of drug-likeness (QED) is 0.655. The number of halogens is 1. The molecule has 1 amide bonds. The summed E-state index contributed by atoms with van der Waals surface area (Å²) >= 11 is 0. The summed E-state index contributed by atoms with van der Waals surface area (Å²) in [5.74, 6) is -0.323. The number of nitrogens with zero attached hydrogens (tertiary/aromatic N) is 1. The zero-order valence-electron chi connectivity index (χ0n) is 16.0. The smallest absolute Gasteiger partial charge is 0.238 e. The highest BCUT2D eigenvalue weighted by Gasteiger charge is 2.12. The lowest BCUT2D eigenvalue weighted by molar-refractivity contribution is -0.117. The van der Waals surface area contributed by atoms with Gasteiger partial charge in [0.05, 0.1) is 13.7 Å². The van der Waals surface area contributed by atoms with Crippen molar-refractivity contribution in [2.75, 3.05) is 26.0 Å². The molecule has 3 aromatic rings. The predicted molar refractivity (Wildman–Crippen MR) is 110 cm³/mol. The molecule has 0 aromatic heterocycles. The number of methoxy groups -OCH3 is 1. The van der Waals surface area contributed by atoms with Gasteiger partial charge >= 0.3 is 0 Å². The summed E-state index contributed by atoms with van der Waals surface area (Å²) in [5.41, 5.74) is 3.55. The van der Waals surface area contributed by atoms with E-state index in [9.17, 15) is 9.18 Å². The van der Waals surface area contributed by atoms with Crippen LogP contribution in [0.25, 0.3) is 11.1 Å². The molecule has 1 N–H and O–H groups in total. The Kier molecular flexibility index (Phi) is 6.40. The summed E-state index contributed by atoms with van der Waals surface area (Å²) in [7, 11) is 3.26. The van der Waals surface area contributed by atoms with Crippen LogP contribution in [0.2, 0.25) is 0 Å². The van der Waals surface area contributed by atoms with Crippen molar-refractivity contribution in [3.05, 3.63) is 84.2 Å². The lowest BCUT2D eigenvalue weighted by Crippen LogP contribution is -2.30. The minimum absolute atomic E-state index is 0.125. The van der Waals surface area contributed by atoms with Gasteiger partial charge in [0.2, 0.25) is 5.91 Å². The summed E-state index contributed by atoms with van der Waals surface area (Å²) in [6.07, 6.45) is 0. The van der Waals surface area contributed by atoms with E-state index in [1.54, 1.807) is 12.1 Å². The summed E-state index contributed by atoms with van der Waals surface area (Å²) in [5, 5.41) is 2.98. The second-order valence-electron chi connectivity index (χ2n) is 6.60. The van der Waals surface area contributed by atoms with Gasteiger partial charge in [-0.3, -0.25) is 9.69 Å². The summed E-state index contributed by atoms with van der Waals surface area (Å²) in [6.45, 7) is 0.644. The van der Waals surface area contributed by atoms with E-state index in [4.69, 9.17) is 4.74 Å². The molecule has 0 aliphatic heterocycles. The molecule has 0 unspecified atom stereocenters. The third-order valence-corrected chi connectivity index (χ3v) is 4.37. The highest BCUT2D eigenvalue weighted by atomic mass is 19.1. The number of amides is 1. The zero-order valence-corrected chi connectivity index (χ0v) is 16.0. The third-order valence-electron chi connectivity index (χ3n) is 4.37. The van der Waals surface area contributed by atoms with Crippen molar-refractivity contribution in [3.63, 3.8) is 0 Å². The average Bonchev–Trinajstić information content (AvgIpc) is 2.69. The van der Waals surface area contributed by atoms with Crippen LogP contribution in [0.4, 0.5) is 10.1 Å². The zero-order chi connectivity index (χ0) is 19.9. The molecule has 0 saturated heterocycles. The molecule has 0 aliphatic rings. The summed E-state index contributed by atoms with van der Waals surface area (Å²) in [6, 6.07) is 22.4. The van der Waals surface area contributed by atoms with Gasteiger partial charge in [0.25, 0.3) is 0 Å². The summed E-state index contributed by atoms with van der Waals surface area (Å²) < 4.78 is 18.8. The van der Waals surface area contributed by atoms with Crippen LogP contribution in [0.1, 0.15) is 5.56 Å². The van der Waals surface area contributed by atoms with E-state index in [-0.39, 0.29) is 18.2 Å². The molecule has 144 valence electrons. The highest BCUT2D eigenvalue weighted by Crippen LogP contribution is 2.27. The van der Waals surface area contributed by atoms with Crippen molar-refractivity contribution < 1.29 is 13.9 Å². The monoisotopic (exact) mass is 378 g/mol. The van der Waals surface area contributed by atoms with Gasteiger partial charge in [-0.15, -0.1) is 0 Å². The van der Waals surface area contributed by atoms with E-state index in [1.807, 2.05) is 66.5 Å². The maximum atomic E-state index is 13.8. The molecule has 3 rings (SSSR count). The van der Waals surface area contributed by atoms with Gasteiger partial charge in [-0.1, -0.05) is 54.6 Å². The fourth-order valence-electron chi connectivity index (χ4n) is 3.07. The molecule has 28 heavy (non-hydrogen) atoms. The second kappa shape index (κ2) is 9.15. The molecule has 0 heterocycles. The van der Waals surface area contributed by atoms with Gasteiger partial charge in [0, 0.05) is 17.8 Å². The Morgan fingerprint density at radius 3 is 2.46 bits per heavy atom. The number of carbonyl (C=O) groups excluding carboxylic acids is 1. The lowest BCUT2D eigenvalue weighted by atomic mass is 10.0. The van der Waals surface area contributed by atoms with E-state index in [0.717, 1.165) is 22.4 Å². The lowest BCUT2D eigenvalue weighted by Gasteiger charge is -2.18. The standard InChI is InChI=1S/C23H23FN2O2/c1-26(15-17-12-13-22(28-2)20(24)14-17)16-23(27)25-21-11-7-6-10-19(21)18-8-4-3-5-9-18/h3-14H,15-16H2,1-2H3,(H,25,27). The number of para-hydroxylation sites is 1. The van der Waals surface area contributed by atoms with E-state index < -0.39 is 5.82 Å². The van der Waals surface area contributed by atoms with Crippen molar-refractivity contribution in [2.24, 2.45) is 0 Å². The van der Waals surface area contributed by atoms with Crippen LogP contribution >= 0.6 is 0 Å². The molecular formula is C23H23FN2O2. The van der Waals surface area contributed by atoms with Crippen LogP contribution in [0, 0.1) is 5.82 Å². The normalized spacial score (nSPS) is 10.7. The Labute approximate surface area is 164 Å². The van der Waals surface area contributed by atoms with Crippen molar-refractivity contribution in [2.45, 2.75) is 6.54 Å². The molecule has 0 spiro atoms. The minimum atomic E-state index is -0.408. The van der Waals surface area contributed by atoms with Crippen LogP contribution in [-0.2, 0) is 11.3 Å². The maximum absolute atomic E-state index is 13.8. The number of nitrogens with one attached hydrogen (secondary N) is 1. The number of rotatable bonds is 7. The first kappa shape index (κ1) is 19.6. The van der Waals surface area contributed by atoms with Crippen LogP contribution in [0.15, 0.2) is 72.8 Å². The van der Waals surface area contributed by atoms with Gasteiger partial charge in [0.15, 0.2) is 11.6 Å². The van der Waals surface area contributed by atoms with Gasteiger partial charge in [-0.2, -0.15) is 0 Å². The van der Waals surface area contributed by atoms with Crippen LogP contribution in [-0.4, -0.2) is 31.5 Å². The molecule has 0 bridgehead atoms. The van der Waals surface area contributed by atoms with Crippen molar-refractivity contribution in [1.29, 1.82) is 0 Å². The molecule has 0 atom stereocenters. The average molecular weight is 378 g/mol. The van der Waals surface area contributed by atoms with Gasteiger partial charge in [-0.25, -0.2) is 4.39 Å². The fourth-order valence-corrected chi connectivity index (χ4v) is 3.07. The molecule has 3 aromatic carbocycles. The SMILES string of the molecule is COc1ccc(CN(C)CC(=O)Nc2ccccc2-c2ccccc2)cc1F. The van der Waals surface area contributed by atoms with E-state index in [1.165, 1.54) is 13.2 Å². The first-order valence-electron chi connectivity index (χ1n) is 9.02. The molecule has 0 aliphatic carbocycles. The Balaban J connectivity index is 1.64. The third kappa shape index (κ3) is 4.96. The van der Waals surface area contributed by atoms with Gasteiger partial charge < -0.3 is 10.1 Å². The Bertz CT molecular complexity index is 944. The van der Waals surface area contributed by atoms with E-state index in [0.29, 0.717) is 6.54 Å². The van der Waals surface area contributed by atoms with Crippen molar-refractivity contribution >= 4 is 11.6 Å². The van der Waals surface area contributed by atoms with E-state index in [2.05, 4.69) is 5.32 Å². The Morgan fingerprint density at radius 2 is 1.75 bits per heavy atom.